The molecule has 0 aliphatic carbocycles. The molecule has 2 N–H and O–H groups in total. The second-order valence-electron chi connectivity index (χ2n) is 4.77. The van der Waals surface area contributed by atoms with E-state index in [-0.39, 0.29) is 4.90 Å². The summed E-state index contributed by atoms with van der Waals surface area (Å²) in [7, 11) is -1.96. The summed E-state index contributed by atoms with van der Waals surface area (Å²) in [6, 6.07) is 14.4. The molecule has 0 bridgehead atoms. The van der Waals surface area contributed by atoms with Gasteiger partial charge in [0.25, 0.3) is 0 Å². The fourth-order valence-electron chi connectivity index (χ4n) is 1.99. The molecular weight excluding hydrogens is 272 g/mol. The summed E-state index contributed by atoms with van der Waals surface area (Å²) < 4.78 is 26.5. The Labute approximate surface area is 119 Å². The van der Waals surface area contributed by atoms with E-state index in [0.29, 0.717) is 17.8 Å². The van der Waals surface area contributed by atoms with Crippen LogP contribution in [0.15, 0.2) is 53.4 Å². The quantitative estimate of drug-likeness (QED) is 0.879. The molecule has 106 valence electrons. The predicted molar refractivity (Wildman–Crippen MR) is 80.7 cm³/mol. The van der Waals surface area contributed by atoms with Gasteiger partial charge in [-0.1, -0.05) is 36.4 Å². The Hall–Kier alpha value is -1.85. The summed E-state index contributed by atoms with van der Waals surface area (Å²) in [6.45, 7) is 2.10. The maximum atomic E-state index is 12.6. The molecule has 0 aromatic heterocycles. The highest BCUT2D eigenvalue weighted by Gasteiger charge is 2.23. The van der Waals surface area contributed by atoms with Crippen LogP contribution < -0.4 is 5.73 Å². The summed E-state index contributed by atoms with van der Waals surface area (Å²) in [5.41, 5.74) is 7.78. The average Bonchev–Trinajstić information content (AvgIpc) is 2.42. The van der Waals surface area contributed by atoms with Crippen molar-refractivity contribution in [1.82, 2.24) is 4.31 Å². The van der Waals surface area contributed by atoms with Gasteiger partial charge in [0.2, 0.25) is 10.0 Å². The number of aryl methyl sites for hydroxylation is 1. The van der Waals surface area contributed by atoms with Crippen molar-refractivity contribution in [2.45, 2.75) is 18.4 Å². The first-order valence-electron chi connectivity index (χ1n) is 6.27. The van der Waals surface area contributed by atoms with E-state index in [4.69, 9.17) is 5.73 Å². The average molecular weight is 290 g/mol. The fourth-order valence-corrected chi connectivity index (χ4v) is 3.40. The molecule has 0 aliphatic heterocycles. The molecule has 2 aromatic rings. The highest BCUT2D eigenvalue weighted by molar-refractivity contribution is 7.89. The summed E-state index contributed by atoms with van der Waals surface area (Å²) in [5, 5.41) is 0. The number of nitrogens with zero attached hydrogens (tertiary/aromatic N) is 1. The van der Waals surface area contributed by atoms with Gasteiger partial charge in [-0.15, -0.1) is 0 Å². The lowest BCUT2D eigenvalue weighted by atomic mass is 10.2. The van der Waals surface area contributed by atoms with Gasteiger partial charge in [-0.2, -0.15) is 4.31 Å². The van der Waals surface area contributed by atoms with Gasteiger partial charge in [-0.3, -0.25) is 0 Å². The van der Waals surface area contributed by atoms with E-state index in [1.807, 2.05) is 30.3 Å². The minimum atomic E-state index is -3.54. The molecule has 0 atom stereocenters. The molecule has 2 aromatic carbocycles. The van der Waals surface area contributed by atoms with Crippen LogP contribution in [0, 0.1) is 6.92 Å². The van der Waals surface area contributed by atoms with Crippen molar-refractivity contribution in [2.24, 2.45) is 0 Å². The largest absolute Gasteiger partial charge is 0.399 e. The zero-order valence-corrected chi connectivity index (χ0v) is 12.4. The van der Waals surface area contributed by atoms with Crippen molar-refractivity contribution in [3.63, 3.8) is 0 Å². The number of sulfonamides is 1. The van der Waals surface area contributed by atoms with Gasteiger partial charge in [-0.05, 0) is 30.2 Å². The predicted octanol–water partition coefficient (Wildman–Crippen LogP) is 2.40. The molecule has 0 aliphatic rings. The zero-order valence-electron chi connectivity index (χ0n) is 11.6. The van der Waals surface area contributed by atoms with E-state index >= 15 is 0 Å². The number of hydrogen-bond acceptors (Lipinski definition) is 3. The van der Waals surface area contributed by atoms with E-state index in [1.54, 1.807) is 26.1 Å². The van der Waals surface area contributed by atoms with Gasteiger partial charge < -0.3 is 5.73 Å². The van der Waals surface area contributed by atoms with Crippen LogP contribution in [0.2, 0.25) is 0 Å². The normalized spacial score (nSPS) is 11.8. The molecule has 0 saturated heterocycles. The summed E-state index contributed by atoms with van der Waals surface area (Å²) in [5.74, 6) is 0. The molecule has 0 unspecified atom stereocenters. The molecule has 0 heterocycles. The van der Waals surface area contributed by atoms with Crippen molar-refractivity contribution >= 4 is 15.7 Å². The number of rotatable bonds is 4. The van der Waals surface area contributed by atoms with Gasteiger partial charge in [0.1, 0.15) is 0 Å². The monoisotopic (exact) mass is 290 g/mol. The molecule has 0 saturated carbocycles. The van der Waals surface area contributed by atoms with E-state index < -0.39 is 10.0 Å². The SMILES string of the molecule is Cc1ccc(N)cc1S(=O)(=O)N(C)Cc1ccccc1. The van der Waals surface area contributed by atoms with Crippen LogP contribution in [0.4, 0.5) is 5.69 Å². The minimum absolute atomic E-state index is 0.260. The minimum Gasteiger partial charge on any atom is -0.399 e. The molecule has 0 radical (unpaired) electrons. The lowest BCUT2D eigenvalue weighted by Crippen LogP contribution is -2.27. The number of nitrogens with two attached hydrogens (primary N) is 1. The third-order valence-corrected chi connectivity index (χ3v) is 5.09. The standard InChI is InChI=1S/C15H18N2O2S/c1-12-8-9-14(16)10-15(12)20(18,19)17(2)11-13-6-4-3-5-7-13/h3-10H,11,16H2,1-2H3. The number of nitrogen functional groups attached to an aromatic ring is 1. The van der Waals surface area contributed by atoms with Crippen LogP contribution in [0.1, 0.15) is 11.1 Å². The Kier molecular flexibility index (Phi) is 4.11. The first-order chi connectivity index (χ1) is 9.41. The molecular formula is C15H18N2O2S. The van der Waals surface area contributed by atoms with E-state index in [0.717, 1.165) is 5.56 Å². The van der Waals surface area contributed by atoms with E-state index in [2.05, 4.69) is 0 Å². The highest BCUT2D eigenvalue weighted by Crippen LogP contribution is 2.22. The fraction of sp³-hybridized carbons (Fsp3) is 0.200. The van der Waals surface area contributed by atoms with Crippen molar-refractivity contribution in [2.75, 3.05) is 12.8 Å². The number of hydrogen-bond donors (Lipinski definition) is 1. The lowest BCUT2D eigenvalue weighted by molar-refractivity contribution is 0.466. The molecule has 2 rings (SSSR count). The van der Waals surface area contributed by atoms with Gasteiger partial charge in [0.15, 0.2) is 0 Å². The van der Waals surface area contributed by atoms with E-state index in [1.165, 1.54) is 10.4 Å². The first-order valence-corrected chi connectivity index (χ1v) is 7.71. The van der Waals surface area contributed by atoms with Crippen LogP contribution in [0.3, 0.4) is 0 Å². The second-order valence-corrected chi connectivity index (χ2v) is 6.78. The molecule has 0 spiro atoms. The Balaban J connectivity index is 2.32. The molecule has 20 heavy (non-hydrogen) atoms. The van der Waals surface area contributed by atoms with Crippen molar-refractivity contribution < 1.29 is 8.42 Å². The summed E-state index contributed by atoms with van der Waals surface area (Å²) in [6.07, 6.45) is 0. The maximum Gasteiger partial charge on any atom is 0.243 e. The van der Waals surface area contributed by atoms with Gasteiger partial charge in [-0.25, -0.2) is 8.42 Å². The Morgan fingerprint density at radius 3 is 2.40 bits per heavy atom. The van der Waals surface area contributed by atoms with Crippen LogP contribution in [-0.2, 0) is 16.6 Å². The Morgan fingerprint density at radius 1 is 1.10 bits per heavy atom. The van der Waals surface area contributed by atoms with Gasteiger partial charge >= 0.3 is 0 Å². The third kappa shape index (κ3) is 3.00. The lowest BCUT2D eigenvalue weighted by Gasteiger charge is -2.19. The number of anilines is 1. The van der Waals surface area contributed by atoms with Crippen LogP contribution in [-0.4, -0.2) is 19.8 Å². The molecule has 4 nitrogen and oxygen atoms in total. The smallest absolute Gasteiger partial charge is 0.243 e. The van der Waals surface area contributed by atoms with Gasteiger partial charge in [0.05, 0.1) is 4.90 Å². The van der Waals surface area contributed by atoms with Crippen molar-refractivity contribution in [3.05, 3.63) is 59.7 Å². The highest BCUT2D eigenvalue weighted by atomic mass is 32.2. The first kappa shape index (κ1) is 14.6. The van der Waals surface area contributed by atoms with E-state index in [9.17, 15) is 8.42 Å². The van der Waals surface area contributed by atoms with Crippen molar-refractivity contribution in [1.29, 1.82) is 0 Å². The van der Waals surface area contributed by atoms with Crippen LogP contribution in [0.25, 0.3) is 0 Å². The summed E-state index contributed by atoms with van der Waals surface area (Å²) >= 11 is 0. The van der Waals surface area contributed by atoms with Gasteiger partial charge in [0, 0.05) is 19.3 Å². The van der Waals surface area contributed by atoms with Crippen molar-refractivity contribution in [3.8, 4) is 0 Å². The molecule has 0 amide bonds. The molecule has 5 heteroatoms. The Morgan fingerprint density at radius 2 is 1.75 bits per heavy atom. The third-order valence-electron chi connectivity index (χ3n) is 3.15. The Bertz CT molecular complexity index is 697. The maximum absolute atomic E-state index is 12.6. The topological polar surface area (TPSA) is 63.4 Å². The summed E-state index contributed by atoms with van der Waals surface area (Å²) in [4.78, 5) is 0.260. The second kappa shape index (κ2) is 5.64. The van der Waals surface area contributed by atoms with Crippen LogP contribution in [0.5, 0.6) is 0 Å². The molecule has 0 fully saturated rings. The van der Waals surface area contributed by atoms with Crippen LogP contribution >= 0.6 is 0 Å². The number of benzene rings is 2. The zero-order chi connectivity index (χ0) is 14.8.